The SMILES string of the molecule is CN(C)C(=O)[C@H](O)[C@@H](O)C(=O)N(C)Cc1cccc(-c2ccccc2)c1. The zero-order valence-electron chi connectivity index (χ0n) is 15.2. The van der Waals surface area contributed by atoms with Crippen LogP contribution in [0.15, 0.2) is 54.6 Å². The van der Waals surface area contributed by atoms with Crippen LogP contribution in [0, 0.1) is 0 Å². The van der Waals surface area contributed by atoms with Crippen molar-refractivity contribution >= 4 is 11.8 Å². The van der Waals surface area contributed by atoms with E-state index in [9.17, 15) is 19.8 Å². The molecule has 0 unspecified atom stereocenters. The number of likely N-dealkylation sites (N-methyl/N-ethyl adjacent to an activating group) is 2. The molecule has 0 bridgehead atoms. The van der Waals surface area contributed by atoms with E-state index < -0.39 is 24.0 Å². The van der Waals surface area contributed by atoms with Crippen LogP contribution in [0.2, 0.25) is 0 Å². The molecular weight excluding hydrogens is 332 g/mol. The Labute approximate surface area is 153 Å². The first-order chi connectivity index (χ1) is 12.3. The lowest BCUT2D eigenvalue weighted by molar-refractivity contribution is -0.156. The zero-order valence-corrected chi connectivity index (χ0v) is 15.2. The molecule has 138 valence electrons. The summed E-state index contributed by atoms with van der Waals surface area (Å²) in [5.74, 6) is -1.43. The van der Waals surface area contributed by atoms with Crippen molar-refractivity contribution in [1.29, 1.82) is 0 Å². The molecule has 2 amide bonds. The van der Waals surface area contributed by atoms with E-state index >= 15 is 0 Å². The van der Waals surface area contributed by atoms with Gasteiger partial charge in [0, 0.05) is 27.7 Å². The molecule has 0 aliphatic rings. The van der Waals surface area contributed by atoms with E-state index in [1.165, 1.54) is 26.0 Å². The van der Waals surface area contributed by atoms with E-state index in [4.69, 9.17) is 0 Å². The molecule has 2 aromatic rings. The number of aliphatic hydroxyl groups is 2. The molecule has 2 rings (SSSR count). The first kappa shape index (κ1) is 19.6. The number of benzene rings is 2. The Morgan fingerprint density at radius 3 is 2.04 bits per heavy atom. The molecule has 6 heteroatoms. The van der Waals surface area contributed by atoms with E-state index in [2.05, 4.69) is 0 Å². The predicted molar refractivity (Wildman–Crippen MR) is 99.1 cm³/mol. The molecule has 0 fully saturated rings. The average molecular weight is 356 g/mol. The van der Waals surface area contributed by atoms with Crippen LogP contribution in [0.3, 0.4) is 0 Å². The Morgan fingerprint density at radius 2 is 1.42 bits per heavy atom. The van der Waals surface area contributed by atoms with Crippen LogP contribution in [0.25, 0.3) is 11.1 Å². The van der Waals surface area contributed by atoms with Gasteiger partial charge in [-0.05, 0) is 22.8 Å². The van der Waals surface area contributed by atoms with Gasteiger partial charge in [0.2, 0.25) is 0 Å². The monoisotopic (exact) mass is 356 g/mol. The summed E-state index contributed by atoms with van der Waals surface area (Å²) in [6.45, 7) is 0.249. The summed E-state index contributed by atoms with van der Waals surface area (Å²) in [6, 6.07) is 17.6. The highest BCUT2D eigenvalue weighted by molar-refractivity contribution is 5.90. The molecule has 0 aliphatic carbocycles. The summed E-state index contributed by atoms with van der Waals surface area (Å²) >= 11 is 0. The highest BCUT2D eigenvalue weighted by Gasteiger charge is 2.33. The molecule has 0 aromatic heterocycles. The Balaban J connectivity index is 2.08. The summed E-state index contributed by atoms with van der Waals surface area (Å²) in [7, 11) is 4.41. The Kier molecular flexibility index (Phi) is 6.49. The lowest BCUT2D eigenvalue weighted by Crippen LogP contribution is -2.49. The van der Waals surface area contributed by atoms with Gasteiger partial charge in [-0.3, -0.25) is 9.59 Å². The molecule has 0 heterocycles. The first-order valence-corrected chi connectivity index (χ1v) is 8.28. The van der Waals surface area contributed by atoms with Crippen molar-refractivity contribution in [1.82, 2.24) is 9.80 Å². The number of nitrogens with zero attached hydrogens (tertiary/aromatic N) is 2. The van der Waals surface area contributed by atoms with Crippen molar-refractivity contribution in [3.63, 3.8) is 0 Å². The smallest absolute Gasteiger partial charge is 0.254 e. The molecule has 2 N–H and O–H groups in total. The van der Waals surface area contributed by atoms with Crippen LogP contribution in [0.5, 0.6) is 0 Å². The summed E-state index contributed by atoms with van der Waals surface area (Å²) in [4.78, 5) is 26.5. The van der Waals surface area contributed by atoms with Gasteiger partial charge in [-0.2, -0.15) is 0 Å². The second-order valence-electron chi connectivity index (χ2n) is 6.38. The van der Waals surface area contributed by atoms with Gasteiger partial charge in [-0.25, -0.2) is 0 Å². The number of aliphatic hydroxyl groups excluding tert-OH is 2. The number of carbonyl (C=O) groups is 2. The van der Waals surface area contributed by atoms with Crippen LogP contribution in [0.4, 0.5) is 0 Å². The Hall–Kier alpha value is -2.70. The summed E-state index contributed by atoms with van der Waals surface area (Å²) < 4.78 is 0. The third-order valence-corrected chi connectivity index (χ3v) is 4.08. The van der Waals surface area contributed by atoms with Gasteiger partial charge in [0.05, 0.1) is 0 Å². The lowest BCUT2D eigenvalue weighted by Gasteiger charge is -2.25. The predicted octanol–water partition coefficient (Wildman–Crippen LogP) is 1.12. The van der Waals surface area contributed by atoms with Crippen molar-refractivity contribution in [2.45, 2.75) is 18.8 Å². The molecule has 0 saturated carbocycles. The van der Waals surface area contributed by atoms with Gasteiger partial charge in [0.25, 0.3) is 11.8 Å². The summed E-state index contributed by atoms with van der Waals surface area (Å²) in [5, 5.41) is 19.8. The van der Waals surface area contributed by atoms with Gasteiger partial charge in [0.15, 0.2) is 12.2 Å². The van der Waals surface area contributed by atoms with Crippen molar-refractivity contribution in [3.05, 3.63) is 60.2 Å². The molecule has 2 aromatic carbocycles. The number of rotatable bonds is 6. The quantitative estimate of drug-likeness (QED) is 0.813. The molecule has 0 spiro atoms. The lowest BCUT2D eigenvalue weighted by atomic mass is 10.0. The zero-order chi connectivity index (χ0) is 19.3. The average Bonchev–Trinajstić information content (AvgIpc) is 2.66. The molecule has 0 saturated heterocycles. The van der Waals surface area contributed by atoms with E-state index in [1.807, 2.05) is 54.6 Å². The molecule has 0 aliphatic heterocycles. The first-order valence-electron chi connectivity index (χ1n) is 8.28. The van der Waals surface area contributed by atoms with Crippen molar-refractivity contribution in [2.24, 2.45) is 0 Å². The van der Waals surface area contributed by atoms with Crippen LogP contribution in [0.1, 0.15) is 5.56 Å². The van der Waals surface area contributed by atoms with E-state index in [-0.39, 0.29) is 6.54 Å². The molecule has 0 radical (unpaired) electrons. The highest BCUT2D eigenvalue weighted by atomic mass is 16.3. The summed E-state index contributed by atoms with van der Waals surface area (Å²) in [6.07, 6.45) is -3.58. The van der Waals surface area contributed by atoms with Gasteiger partial charge in [-0.15, -0.1) is 0 Å². The van der Waals surface area contributed by atoms with Crippen molar-refractivity contribution in [3.8, 4) is 11.1 Å². The second kappa shape index (κ2) is 8.60. The molecule has 6 nitrogen and oxygen atoms in total. The second-order valence-corrected chi connectivity index (χ2v) is 6.38. The topological polar surface area (TPSA) is 81.1 Å². The van der Waals surface area contributed by atoms with Crippen LogP contribution >= 0.6 is 0 Å². The van der Waals surface area contributed by atoms with Crippen LogP contribution < -0.4 is 0 Å². The third-order valence-electron chi connectivity index (χ3n) is 4.08. The van der Waals surface area contributed by atoms with Crippen molar-refractivity contribution in [2.75, 3.05) is 21.1 Å². The van der Waals surface area contributed by atoms with E-state index in [0.29, 0.717) is 0 Å². The van der Waals surface area contributed by atoms with Gasteiger partial charge >= 0.3 is 0 Å². The van der Waals surface area contributed by atoms with E-state index in [1.54, 1.807) is 0 Å². The molecule has 26 heavy (non-hydrogen) atoms. The highest BCUT2D eigenvalue weighted by Crippen LogP contribution is 2.20. The largest absolute Gasteiger partial charge is 0.380 e. The fourth-order valence-corrected chi connectivity index (χ4v) is 2.59. The molecular formula is C20H24N2O4. The molecule has 2 atom stereocenters. The minimum atomic E-state index is -1.80. The van der Waals surface area contributed by atoms with Crippen molar-refractivity contribution < 1.29 is 19.8 Å². The summed E-state index contributed by atoms with van der Waals surface area (Å²) in [5.41, 5.74) is 2.96. The number of hydrogen-bond donors (Lipinski definition) is 2. The fraction of sp³-hybridized carbons (Fsp3) is 0.300. The van der Waals surface area contributed by atoms with Crippen LogP contribution in [-0.2, 0) is 16.1 Å². The number of amides is 2. The Bertz CT molecular complexity index is 761. The van der Waals surface area contributed by atoms with Gasteiger partial charge in [-0.1, -0.05) is 48.5 Å². The van der Waals surface area contributed by atoms with E-state index in [0.717, 1.165) is 21.6 Å². The van der Waals surface area contributed by atoms with Gasteiger partial charge < -0.3 is 20.0 Å². The number of hydrogen-bond acceptors (Lipinski definition) is 4. The van der Waals surface area contributed by atoms with Gasteiger partial charge in [0.1, 0.15) is 0 Å². The fourth-order valence-electron chi connectivity index (χ4n) is 2.59. The minimum absolute atomic E-state index is 0.249. The Morgan fingerprint density at radius 1 is 0.846 bits per heavy atom. The number of carbonyl (C=O) groups excluding carboxylic acids is 2. The maximum Gasteiger partial charge on any atom is 0.254 e. The maximum absolute atomic E-state index is 12.3. The minimum Gasteiger partial charge on any atom is -0.380 e. The standard InChI is InChI=1S/C20H24N2O4/c1-21(2)19(25)17(23)18(24)20(26)22(3)13-14-8-7-11-16(12-14)15-9-5-4-6-10-15/h4-12,17-18,23-24H,13H2,1-3H3/t17-,18-/m1/s1. The maximum atomic E-state index is 12.3. The third kappa shape index (κ3) is 4.68. The van der Waals surface area contributed by atoms with Crippen LogP contribution in [-0.4, -0.2) is 65.2 Å². The normalized spacial score (nSPS) is 13.0.